The van der Waals surface area contributed by atoms with Crippen LogP contribution in [-0.4, -0.2) is 13.1 Å². The molecule has 96 valence electrons. The molecule has 0 atom stereocenters. The van der Waals surface area contributed by atoms with Crippen molar-refractivity contribution in [3.63, 3.8) is 0 Å². The Morgan fingerprint density at radius 2 is 1.68 bits per heavy atom. The normalized spacial score (nSPS) is 11.2. The first-order valence-corrected chi connectivity index (χ1v) is 6.19. The van der Waals surface area contributed by atoms with Crippen molar-refractivity contribution >= 4 is 29.2 Å². The smallest absolute Gasteiger partial charge is 0.338 e. The molecule has 2 rings (SSSR count). The van der Waals surface area contributed by atoms with Crippen LogP contribution in [0.15, 0.2) is 54.6 Å². The van der Waals surface area contributed by atoms with Crippen LogP contribution in [0.2, 0.25) is 5.02 Å². The summed E-state index contributed by atoms with van der Waals surface area (Å²) in [6.45, 7) is 0. The van der Waals surface area contributed by atoms with Gasteiger partial charge in [-0.2, -0.15) is 0 Å². The number of halogens is 1. The van der Waals surface area contributed by atoms with E-state index in [1.807, 2.05) is 30.3 Å². The van der Waals surface area contributed by atoms with Gasteiger partial charge in [-0.25, -0.2) is 4.79 Å². The van der Waals surface area contributed by atoms with E-state index in [1.165, 1.54) is 7.11 Å². The standard InChI is InChI=1S/C16H13ClO2/c1-19-16(18)15(11-12-5-3-2-4-6-12)13-7-9-14(17)10-8-13/h2-11H,1H3/b15-11+. The molecule has 0 unspecified atom stereocenters. The number of methoxy groups -OCH3 is 1. The average molecular weight is 273 g/mol. The molecule has 19 heavy (non-hydrogen) atoms. The van der Waals surface area contributed by atoms with Crippen molar-refractivity contribution in [1.29, 1.82) is 0 Å². The molecule has 0 aliphatic carbocycles. The first kappa shape index (κ1) is 13.4. The van der Waals surface area contributed by atoms with Crippen LogP contribution in [0.25, 0.3) is 11.6 Å². The van der Waals surface area contributed by atoms with Gasteiger partial charge in [-0.3, -0.25) is 0 Å². The molecule has 0 N–H and O–H groups in total. The maximum atomic E-state index is 11.9. The molecule has 0 heterocycles. The lowest BCUT2D eigenvalue weighted by molar-refractivity contribution is -0.133. The Bertz CT molecular complexity index is 586. The van der Waals surface area contributed by atoms with Crippen molar-refractivity contribution in [3.05, 3.63) is 70.7 Å². The third-order valence-corrected chi connectivity index (χ3v) is 2.92. The Morgan fingerprint density at radius 3 is 2.26 bits per heavy atom. The minimum Gasteiger partial charge on any atom is -0.465 e. The monoisotopic (exact) mass is 272 g/mol. The van der Waals surface area contributed by atoms with E-state index in [0.29, 0.717) is 10.6 Å². The van der Waals surface area contributed by atoms with Crippen molar-refractivity contribution < 1.29 is 9.53 Å². The van der Waals surface area contributed by atoms with Gasteiger partial charge in [0.05, 0.1) is 12.7 Å². The molecule has 2 aromatic rings. The summed E-state index contributed by atoms with van der Waals surface area (Å²) in [5.74, 6) is -0.369. The second-order valence-electron chi connectivity index (χ2n) is 3.97. The van der Waals surface area contributed by atoms with Gasteiger partial charge in [0.15, 0.2) is 0 Å². The Kier molecular flexibility index (Phi) is 4.37. The van der Waals surface area contributed by atoms with Crippen molar-refractivity contribution in [1.82, 2.24) is 0 Å². The highest BCUT2D eigenvalue weighted by atomic mass is 35.5. The van der Waals surface area contributed by atoms with Gasteiger partial charge in [-0.1, -0.05) is 54.1 Å². The molecule has 2 aromatic carbocycles. The molecule has 0 fully saturated rings. The van der Waals surface area contributed by atoms with Gasteiger partial charge >= 0.3 is 5.97 Å². The van der Waals surface area contributed by atoms with Gasteiger partial charge in [0.2, 0.25) is 0 Å². The fourth-order valence-corrected chi connectivity index (χ4v) is 1.84. The zero-order chi connectivity index (χ0) is 13.7. The second kappa shape index (κ2) is 6.21. The zero-order valence-corrected chi connectivity index (χ0v) is 11.2. The molecule has 0 radical (unpaired) electrons. The van der Waals surface area contributed by atoms with E-state index < -0.39 is 0 Å². The summed E-state index contributed by atoms with van der Waals surface area (Å²) in [6.07, 6.45) is 1.80. The van der Waals surface area contributed by atoms with Gasteiger partial charge in [0.1, 0.15) is 0 Å². The highest BCUT2D eigenvalue weighted by Gasteiger charge is 2.12. The summed E-state index contributed by atoms with van der Waals surface area (Å²) in [5, 5.41) is 0.632. The summed E-state index contributed by atoms with van der Waals surface area (Å²) >= 11 is 5.85. The number of hydrogen-bond acceptors (Lipinski definition) is 2. The van der Waals surface area contributed by atoms with E-state index >= 15 is 0 Å². The fourth-order valence-electron chi connectivity index (χ4n) is 1.72. The lowest BCUT2D eigenvalue weighted by atomic mass is 10.0. The molecule has 0 saturated heterocycles. The van der Waals surface area contributed by atoms with Crippen LogP contribution in [0, 0.1) is 0 Å². The third kappa shape index (κ3) is 3.46. The third-order valence-electron chi connectivity index (χ3n) is 2.67. The van der Waals surface area contributed by atoms with Crippen molar-refractivity contribution in [2.45, 2.75) is 0 Å². The van der Waals surface area contributed by atoms with Crippen LogP contribution < -0.4 is 0 Å². The predicted octanol–water partition coefficient (Wildman–Crippen LogP) is 4.05. The largest absolute Gasteiger partial charge is 0.465 e. The summed E-state index contributed by atoms with van der Waals surface area (Å²) in [6, 6.07) is 16.7. The summed E-state index contributed by atoms with van der Waals surface area (Å²) in [7, 11) is 1.37. The van der Waals surface area contributed by atoms with Crippen molar-refractivity contribution in [3.8, 4) is 0 Å². The van der Waals surface area contributed by atoms with Gasteiger partial charge in [-0.15, -0.1) is 0 Å². The molecule has 0 amide bonds. The highest BCUT2D eigenvalue weighted by molar-refractivity contribution is 6.30. The predicted molar refractivity (Wildman–Crippen MR) is 77.8 cm³/mol. The van der Waals surface area contributed by atoms with E-state index in [0.717, 1.165) is 11.1 Å². The summed E-state index contributed by atoms with van der Waals surface area (Å²) in [4.78, 5) is 11.9. The van der Waals surface area contributed by atoms with Gasteiger partial charge in [0.25, 0.3) is 0 Å². The summed E-state index contributed by atoms with van der Waals surface area (Å²) < 4.78 is 4.83. The maximum absolute atomic E-state index is 11.9. The topological polar surface area (TPSA) is 26.3 Å². The molecule has 3 heteroatoms. The lowest BCUT2D eigenvalue weighted by Crippen LogP contribution is -2.03. The van der Waals surface area contributed by atoms with Crippen LogP contribution in [0.5, 0.6) is 0 Å². The number of esters is 1. The van der Waals surface area contributed by atoms with Gasteiger partial charge in [-0.05, 0) is 29.3 Å². The minimum absolute atomic E-state index is 0.369. The van der Waals surface area contributed by atoms with E-state index in [2.05, 4.69) is 0 Å². The van der Waals surface area contributed by atoms with E-state index in [-0.39, 0.29) is 5.97 Å². The maximum Gasteiger partial charge on any atom is 0.338 e. The molecule has 0 bridgehead atoms. The van der Waals surface area contributed by atoms with E-state index in [9.17, 15) is 4.79 Å². The van der Waals surface area contributed by atoms with Crippen LogP contribution in [0.3, 0.4) is 0 Å². The molecule has 0 saturated carbocycles. The number of hydrogen-bond donors (Lipinski definition) is 0. The van der Waals surface area contributed by atoms with Crippen LogP contribution in [0.4, 0.5) is 0 Å². The SMILES string of the molecule is COC(=O)/C(=C/c1ccccc1)c1ccc(Cl)cc1. The van der Waals surface area contributed by atoms with Crippen LogP contribution in [-0.2, 0) is 9.53 Å². The molecule has 0 spiro atoms. The molecular formula is C16H13ClO2. The Morgan fingerprint density at radius 1 is 1.05 bits per heavy atom. The molecule has 0 aliphatic heterocycles. The Labute approximate surface area is 117 Å². The number of ether oxygens (including phenoxy) is 1. The number of benzene rings is 2. The van der Waals surface area contributed by atoms with Crippen molar-refractivity contribution in [2.24, 2.45) is 0 Å². The molecule has 0 aliphatic rings. The first-order chi connectivity index (χ1) is 9.20. The van der Waals surface area contributed by atoms with E-state index in [1.54, 1.807) is 30.3 Å². The van der Waals surface area contributed by atoms with Crippen LogP contribution >= 0.6 is 11.6 Å². The van der Waals surface area contributed by atoms with Crippen molar-refractivity contribution in [2.75, 3.05) is 7.11 Å². The molecule has 0 aromatic heterocycles. The summed E-state index contributed by atoms with van der Waals surface area (Å²) in [5.41, 5.74) is 2.23. The molecular weight excluding hydrogens is 260 g/mol. The highest BCUT2D eigenvalue weighted by Crippen LogP contribution is 2.21. The Balaban J connectivity index is 2.45. The van der Waals surface area contributed by atoms with Crippen LogP contribution in [0.1, 0.15) is 11.1 Å². The molecule has 2 nitrogen and oxygen atoms in total. The first-order valence-electron chi connectivity index (χ1n) is 5.81. The number of carbonyl (C=O) groups excluding carboxylic acids is 1. The second-order valence-corrected chi connectivity index (χ2v) is 4.40. The fraction of sp³-hybridized carbons (Fsp3) is 0.0625. The van der Waals surface area contributed by atoms with E-state index in [4.69, 9.17) is 16.3 Å². The quantitative estimate of drug-likeness (QED) is 0.479. The average Bonchev–Trinajstić information content (AvgIpc) is 2.46. The van der Waals surface area contributed by atoms with Gasteiger partial charge < -0.3 is 4.74 Å². The zero-order valence-electron chi connectivity index (χ0n) is 10.5. The van der Waals surface area contributed by atoms with Gasteiger partial charge in [0, 0.05) is 5.02 Å². The number of rotatable bonds is 3. The minimum atomic E-state index is -0.369. The lowest BCUT2D eigenvalue weighted by Gasteiger charge is -2.06. The Hall–Kier alpha value is -2.06. The number of carbonyl (C=O) groups is 1.